The van der Waals surface area contributed by atoms with Gasteiger partial charge in [0.2, 0.25) is 0 Å². The lowest BCUT2D eigenvalue weighted by Gasteiger charge is -2.40. The van der Waals surface area contributed by atoms with E-state index in [0.29, 0.717) is 18.0 Å². The van der Waals surface area contributed by atoms with E-state index in [1.165, 1.54) is 11.1 Å². The molecule has 29 heavy (non-hydrogen) atoms. The molecule has 6 heteroatoms. The van der Waals surface area contributed by atoms with E-state index in [1.54, 1.807) is 6.07 Å². The van der Waals surface area contributed by atoms with Crippen molar-refractivity contribution >= 4 is 9.84 Å². The minimum atomic E-state index is -3.49. The van der Waals surface area contributed by atoms with Crippen LogP contribution in [0.1, 0.15) is 29.5 Å². The van der Waals surface area contributed by atoms with Gasteiger partial charge in [0.25, 0.3) is 0 Å². The molecule has 2 unspecified atom stereocenters. The van der Waals surface area contributed by atoms with Gasteiger partial charge in [-0.05, 0) is 60.7 Å². The van der Waals surface area contributed by atoms with Crippen molar-refractivity contribution in [3.05, 3.63) is 59.2 Å². The summed E-state index contributed by atoms with van der Waals surface area (Å²) < 4.78 is 33.4. The number of fused-ring (bicyclic) bond motifs is 2. The zero-order valence-electron chi connectivity index (χ0n) is 16.6. The Morgan fingerprint density at radius 2 is 1.93 bits per heavy atom. The van der Waals surface area contributed by atoms with Crippen molar-refractivity contribution in [2.24, 2.45) is 5.92 Å². The Labute approximate surface area is 173 Å². The standard InChI is InChI=1S/C23H28N2O3S/c26-29(27,21-7-8-22-18(14-21)10-13-28-22)23(19-6-3-11-24-15-19)25-12-9-17-4-1-2-5-20(17)16-25/h1-2,4-5,7-8,14,19,23-24H,3,6,9-13,15-16H2. The third-order valence-corrected chi connectivity index (χ3v) is 8.80. The lowest BCUT2D eigenvalue weighted by Crippen LogP contribution is -2.52. The zero-order chi connectivity index (χ0) is 19.8. The van der Waals surface area contributed by atoms with Crippen LogP contribution in [-0.2, 0) is 29.2 Å². The van der Waals surface area contributed by atoms with Crippen LogP contribution in [0.25, 0.3) is 0 Å². The summed E-state index contributed by atoms with van der Waals surface area (Å²) in [5.41, 5.74) is 3.61. The Kier molecular flexibility index (Phi) is 5.10. The molecule has 0 amide bonds. The summed E-state index contributed by atoms with van der Waals surface area (Å²) in [5.74, 6) is 0.926. The predicted octanol–water partition coefficient (Wildman–Crippen LogP) is 2.78. The summed E-state index contributed by atoms with van der Waals surface area (Å²) in [4.78, 5) is 2.65. The first-order valence-corrected chi connectivity index (χ1v) is 12.2. The maximum absolute atomic E-state index is 13.9. The second kappa shape index (κ2) is 7.74. The van der Waals surface area contributed by atoms with Gasteiger partial charge in [-0.1, -0.05) is 24.3 Å². The van der Waals surface area contributed by atoms with Crippen molar-refractivity contribution in [1.29, 1.82) is 0 Å². The molecule has 154 valence electrons. The molecular weight excluding hydrogens is 384 g/mol. The molecular formula is C23H28N2O3S. The van der Waals surface area contributed by atoms with Crippen LogP contribution in [0.15, 0.2) is 47.4 Å². The second-order valence-corrected chi connectivity index (χ2v) is 10.4. The second-order valence-electron chi connectivity index (χ2n) is 8.40. The number of rotatable bonds is 4. The van der Waals surface area contributed by atoms with Crippen molar-refractivity contribution in [1.82, 2.24) is 10.2 Å². The Hall–Kier alpha value is -1.89. The quantitative estimate of drug-likeness (QED) is 0.837. The number of hydrogen-bond acceptors (Lipinski definition) is 5. The molecule has 1 fully saturated rings. The minimum absolute atomic E-state index is 0.100. The molecule has 0 spiro atoms. The van der Waals surface area contributed by atoms with Crippen LogP contribution < -0.4 is 10.1 Å². The van der Waals surface area contributed by atoms with Gasteiger partial charge in [-0.3, -0.25) is 4.90 Å². The number of sulfone groups is 1. The number of benzene rings is 2. The molecule has 1 N–H and O–H groups in total. The SMILES string of the molecule is O=S(=O)(c1ccc2c(c1)CCO2)C(C1CCCNC1)N1CCc2ccccc2C1. The molecule has 3 aliphatic rings. The summed E-state index contributed by atoms with van der Waals surface area (Å²) >= 11 is 0. The van der Waals surface area contributed by atoms with E-state index < -0.39 is 15.2 Å². The van der Waals surface area contributed by atoms with Crippen LogP contribution in [0.5, 0.6) is 5.75 Å². The smallest absolute Gasteiger partial charge is 0.194 e. The lowest BCUT2D eigenvalue weighted by atomic mass is 9.95. The first-order valence-electron chi connectivity index (χ1n) is 10.6. The molecule has 3 aliphatic heterocycles. The Morgan fingerprint density at radius 1 is 1.07 bits per heavy atom. The maximum atomic E-state index is 13.9. The highest BCUT2D eigenvalue weighted by molar-refractivity contribution is 7.92. The molecule has 2 aromatic rings. The summed E-state index contributed by atoms with van der Waals surface area (Å²) in [7, 11) is -3.49. The molecule has 1 saturated heterocycles. The maximum Gasteiger partial charge on any atom is 0.194 e. The summed E-state index contributed by atoms with van der Waals surface area (Å²) in [5, 5.41) is 2.93. The highest BCUT2D eigenvalue weighted by Gasteiger charge is 2.41. The van der Waals surface area contributed by atoms with Crippen molar-refractivity contribution in [2.45, 2.75) is 42.5 Å². The third-order valence-electron chi connectivity index (χ3n) is 6.57. The first-order chi connectivity index (χ1) is 14.1. The molecule has 0 aromatic heterocycles. The number of nitrogens with zero attached hydrogens (tertiary/aromatic N) is 1. The molecule has 0 aliphatic carbocycles. The highest BCUT2D eigenvalue weighted by Crippen LogP contribution is 2.35. The summed E-state index contributed by atoms with van der Waals surface area (Å²) in [6.07, 6.45) is 3.66. The van der Waals surface area contributed by atoms with E-state index in [1.807, 2.05) is 12.1 Å². The number of ether oxygens (including phenoxy) is 1. The van der Waals surface area contributed by atoms with Crippen molar-refractivity contribution in [3.63, 3.8) is 0 Å². The van der Waals surface area contributed by atoms with Crippen molar-refractivity contribution in [2.75, 3.05) is 26.2 Å². The van der Waals surface area contributed by atoms with Gasteiger partial charge in [-0.25, -0.2) is 8.42 Å². The zero-order valence-corrected chi connectivity index (χ0v) is 17.5. The van der Waals surface area contributed by atoms with Gasteiger partial charge in [0.1, 0.15) is 11.1 Å². The normalized spacial score (nSPS) is 23.1. The van der Waals surface area contributed by atoms with E-state index in [4.69, 9.17) is 4.74 Å². The fourth-order valence-corrected chi connectivity index (χ4v) is 7.24. The monoisotopic (exact) mass is 412 g/mol. The predicted molar refractivity (Wildman–Crippen MR) is 113 cm³/mol. The van der Waals surface area contributed by atoms with E-state index in [9.17, 15) is 8.42 Å². The Morgan fingerprint density at radius 3 is 2.76 bits per heavy atom. The van der Waals surface area contributed by atoms with Gasteiger partial charge in [-0.15, -0.1) is 0 Å². The van der Waals surface area contributed by atoms with Crippen LogP contribution >= 0.6 is 0 Å². The van der Waals surface area contributed by atoms with Gasteiger partial charge in [0, 0.05) is 32.0 Å². The molecule has 2 atom stereocenters. The number of hydrogen-bond donors (Lipinski definition) is 1. The number of nitrogens with one attached hydrogen (secondary N) is 1. The largest absolute Gasteiger partial charge is 0.493 e. The molecule has 0 bridgehead atoms. The van der Waals surface area contributed by atoms with Crippen LogP contribution in [0.3, 0.4) is 0 Å². The third kappa shape index (κ3) is 3.58. The van der Waals surface area contributed by atoms with Crippen molar-refractivity contribution in [3.8, 4) is 5.75 Å². The lowest BCUT2D eigenvalue weighted by molar-refractivity contribution is 0.162. The first kappa shape index (κ1) is 19.1. The Bertz CT molecular complexity index is 999. The van der Waals surface area contributed by atoms with Crippen LogP contribution in [0.4, 0.5) is 0 Å². The average molecular weight is 413 g/mol. The number of piperidine rings is 1. The molecule has 0 saturated carbocycles. The molecule has 0 radical (unpaired) electrons. The van der Waals surface area contributed by atoms with E-state index >= 15 is 0 Å². The van der Waals surface area contributed by atoms with Gasteiger partial charge < -0.3 is 10.1 Å². The molecule has 5 nitrogen and oxygen atoms in total. The topological polar surface area (TPSA) is 58.6 Å². The van der Waals surface area contributed by atoms with Crippen LogP contribution in [-0.4, -0.2) is 44.9 Å². The highest BCUT2D eigenvalue weighted by atomic mass is 32.2. The van der Waals surface area contributed by atoms with Gasteiger partial charge in [-0.2, -0.15) is 0 Å². The Balaban J connectivity index is 1.52. The molecule has 3 heterocycles. The van der Waals surface area contributed by atoms with Gasteiger partial charge in [0.15, 0.2) is 9.84 Å². The van der Waals surface area contributed by atoms with E-state index in [0.717, 1.165) is 56.6 Å². The van der Waals surface area contributed by atoms with Crippen LogP contribution in [0.2, 0.25) is 0 Å². The summed E-state index contributed by atoms with van der Waals surface area (Å²) in [6.45, 7) is 3.85. The fraction of sp³-hybridized carbons (Fsp3) is 0.478. The van der Waals surface area contributed by atoms with E-state index in [2.05, 4.69) is 34.5 Å². The summed E-state index contributed by atoms with van der Waals surface area (Å²) in [6, 6.07) is 13.8. The van der Waals surface area contributed by atoms with Gasteiger partial charge in [0.05, 0.1) is 11.5 Å². The van der Waals surface area contributed by atoms with Crippen LogP contribution in [0, 0.1) is 5.92 Å². The van der Waals surface area contributed by atoms with Crippen molar-refractivity contribution < 1.29 is 13.2 Å². The fourth-order valence-electron chi connectivity index (χ4n) is 5.08. The average Bonchev–Trinajstić information content (AvgIpc) is 3.22. The molecule has 2 aromatic carbocycles. The van der Waals surface area contributed by atoms with Gasteiger partial charge >= 0.3 is 0 Å². The molecule has 5 rings (SSSR count). The van der Waals surface area contributed by atoms with E-state index in [-0.39, 0.29) is 5.92 Å². The minimum Gasteiger partial charge on any atom is -0.493 e.